The zero-order valence-electron chi connectivity index (χ0n) is 24.1. The van der Waals surface area contributed by atoms with Gasteiger partial charge < -0.3 is 15.0 Å². The maximum absolute atomic E-state index is 14.0. The van der Waals surface area contributed by atoms with E-state index in [0.29, 0.717) is 18.8 Å². The van der Waals surface area contributed by atoms with Gasteiger partial charge in [0.2, 0.25) is 11.8 Å². The van der Waals surface area contributed by atoms with Crippen LogP contribution in [0.3, 0.4) is 0 Å². The van der Waals surface area contributed by atoms with Gasteiger partial charge in [0, 0.05) is 12.6 Å². The molecule has 0 aromatic heterocycles. The van der Waals surface area contributed by atoms with E-state index in [2.05, 4.69) is 5.32 Å². The van der Waals surface area contributed by atoms with Crippen molar-refractivity contribution in [2.45, 2.75) is 64.6 Å². The quantitative estimate of drug-likeness (QED) is 0.304. The Balaban J connectivity index is 2.02. The fourth-order valence-corrected chi connectivity index (χ4v) is 5.57. The molecule has 0 bridgehead atoms. The van der Waals surface area contributed by atoms with Crippen molar-refractivity contribution < 1.29 is 27.1 Å². The zero-order chi connectivity index (χ0) is 30.2. The van der Waals surface area contributed by atoms with Crippen LogP contribution in [0.1, 0.15) is 45.2 Å². The summed E-state index contributed by atoms with van der Waals surface area (Å²) >= 11 is 0. The normalized spacial score (nSPS) is 12.7. The highest BCUT2D eigenvalue weighted by molar-refractivity contribution is 7.92. The second-order valence-electron chi connectivity index (χ2n) is 9.83. The van der Waals surface area contributed by atoms with Crippen LogP contribution >= 0.6 is 0 Å². The summed E-state index contributed by atoms with van der Waals surface area (Å²) in [5, 5.41) is 2.91. The molecule has 3 aromatic carbocycles. The zero-order valence-corrected chi connectivity index (χ0v) is 24.9. The molecule has 0 saturated heterocycles. The van der Waals surface area contributed by atoms with Gasteiger partial charge in [0.25, 0.3) is 10.0 Å². The van der Waals surface area contributed by atoms with Crippen molar-refractivity contribution in [2.24, 2.45) is 0 Å². The Morgan fingerprint density at radius 3 is 2.17 bits per heavy atom. The first-order valence-electron chi connectivity index (χ1n) is 13.6. The third-order valence-electron chi connectivity index (χ3n) is 6.89. The monoisotopic (exact) mass is 583 g/mol. The van der Waals surface area contributed by atoms with E-state index in [-0.39, 0.29) is 29.1 Å². The average Bonchev–Trinajstić information content (AvgIpc) is 2.96. The molecule has 2 atom stereocenters. The summed E-state index contributed by atoms with van der Waals surface area (Å²) in [6, 6.07) is 17.2. The summed E-state index contributed by atoms with van der Waals surface area (Å²) < 4.78 is 47.9. The van der Waals surface area contributed by atoms with E-state index < -0.39 is 34.3 Å². The van der Waals surface area contributed by atoms with Gasteiger partial charge in [-0.3, -0.25) is 13.9 Å². The number of benzene rings is 3. The van der Waals surface area contributed by atoms with Crippen LogP contribution in [0.2, 0.25) is 0 Å². The summed E-state index contributed by atoms with van der Waals surface area (Å²) in [4.78, 5) is 28.4. The van der Waals surface area contributed by atoms with Gasteiger partial charge in [-0.15, -0.1) is 0 Å². The lowest BCUT2D eigenvalue weighted by molar-refractivity contribution is -0.139. The Morgan fingerprint density at radius 1 is 0.951 bits per heavy atom. The highest BCUT2D eigenvalue weighted by Gasteiger charge is 2.33. The van der Waals surface area contributed by atoms with Crippen LogP contribution in [-0.4, -0.2) is 50.4 Å². The largest absolute Gasteiger partial charge is 0.494 e. The molecule has 220 valence electrons. The lowest BCUT2D eigenvalue weighted by atomic mass is 10.1. The molecule has 41 heavy (non-hydrogen) atoms. The van der Waals surface area contributed by atoms with Crippen LogP contribution in [0.15, 0.2) is 77.7 Å². The highest BCUT2D eigenvalue weighted by Crippen LogP contribution is 2.26. The minimum atomic E-state index is -4.27. The van der Waals surface area contributed by atoms with E-state index in [9.17, 15) is 22.4 Å². The molecular weight excluding hydrogens is 545 g/mol. The molecule has 0 fully saturated rings. The first kappa shape index (κ1) is 31.6. The molecule has 0 radical (unpaired) electrons. The third-order valence-corrected chi connectivity index (χ3v) is 8.67. The van der Waals surface area contributed by atoms with Gasteiger partial charge in [0.05, 0.1) is 17.2 Å². The first-order chi connectivity index (χ1) is 19.5. The van der Waals surface area contributed by atoms with Crippen molar-refractivity contribution in [3.63, 3.8) is 0 Å². The van der Waals surface area contributed by atoms with Gasteiger partial charge in [-0.1, -0.05) is 31.2 Å². The fourth-order valence-electron chi connectivity index (χ4n) is 4.16. The number of carbonyl (C=O) groups is 2. The Morgan fingerprint density at radius 2 is 1.59 bits per heavy atom. The number of halogens is 1. The minimum Gasteiger partial charge on any atom is -0.494 e. The number of nitrogens with one attached hydrogen (secondary N) is 1. The Hall–Kier alpha value is -3.92. The number of hydrogen-bond donors (Lipinski definition) is 1. The lowest BCUT2D eigenvalue weighted by Crippen LogP contribution is -2.52. The van der Waals surface area contributed by atoms with Gasteiger partial charge in [-0.2, -0.15) is 0 Å². The van der Waals surface area contributed by atoms with Crippen molar-refractivity contribution >= 4 is 27.5 Å². The van der Waals surface area contributed by atoms with Gasteiger partial charge in [-0.05, 0) is 93.8 Å². The molecule has 1 N–H and O–H groups in total. The fraction of sp³-hybridized carbons (Fsp3) is 0.355. The molecule has 0 saturated carbocycles. The van der Waals surface area contributed by atoms with Crippen molar-refractivity contribution in [2.75, 3.05) is 17.5 Å². The SMILES string of the molecule is CCOc1ccc(S(=O)(=O)N(CC(=O)N(Cc2ccccc2C)[C@@H](C)C(=O)N[C@H](C)CC)c2ccc(F)cc2)cc1. The van der Waals surface area contributed by atoms with E-state index in [1.807, 2.05) is 52.0 Å². The molecule has 3 rings (SSSR count). The summed E-state index contributed by atoms with van der Waals surface area (Å²) in [5.74, 6) is -0.973. The summed E-state index contributed by atoms with van der Waals surface area (Å²) in [6.07, 6.45) is 0.711. The standard InChI is InChI=1S/C31H38FN3O5S/c1-6-23(4)33-31(37)24(5)34(20-25-11-9-8-10-22(25)3)30(36)21-35(27-14-12-26(32)13-15-27)41(38,39)29-18-16-28(17-19-29)40-7-2/h8-19,23-24H,6-7,20-21H2,1-5H3,(H,33,37)/t23-,24+/m1/s1. The number of anilines is 1. The van der Waals surface area contributed by atoms with Crippen LogP contribution in [-0.2, 0) is 26.2 Å². The molecule has 0 aliphatic carbocycles. The number of nitrogens with zero attached hydrogens (tertiary/aromatic N) is 2. The van der Waals surface area contributed by atoms with Crippen LogP contribution < -0.4 is 14.4 Å². The van der Waals surface area contributed by atoms with Crippen LogP contribution in [0.5, 0.6) is 5.75 Å². The van der Waals surface area contributed by atoms with Crippen molar-refractivity contribution in [1.29, 1.82) is 0 Å². The number of carbonyl (C=O) groups excluding carboxylic acids is 2. The first-order valence-corrected chi connectivity index (χ1v) is 15.1. The molecule has 3 aromatic rings. The molecule has 10 heteroatoms. The van der Waals surface area contributed by atoms with Crippen molar-refractivity contribution in [3.8, 4) is 5.75 Å². The van der Waals surface area contributed by atoms with Gasteiger partial charge in [-0.25, -0.2) is 12.8 Å². The summed E-state index contributed by atoms with van der Waals surface area (Å²) in [7, 11) is -4.27. The Bertz CT molecular complexity index is 1430. The van der Waals surface area contributed by atoms with Crippen LogP contribution in [0.25, 0.3) is 0 Å². The number of hydrogen-bond acceptors (Lipinski definition) is 5. The smallest absolute Gasteiger partial charge is 0.264 e. The van der Waals surface area contributed by atoms with E-state index in [0.717, 1.165) is 27.6 Å². The Labute approximate surface area is 242 Å². The van der Waals surface area contributed by atoms with E-state index >= 15 is 0 Å². The summed E-state index contributed by atoms with van der Waals surface area (Å²) in [5.41, 5.74) is 1.87. The van der Waals surface area contributed by atoms with E-state index in [1.54, 1.807) is 6.92 Å². The van der Waals surface area contributed by atoms with Crippen LogP contribution in [0, 0.1) is 12.7 Å². The van der Waals surface area contributed by atoms with Crippen LogP contribution in [0.4, 0.5) is 10.1 Å². The molecule has 2 amide bonds. The predicted octanol–water partition coefficient (Wildman–Crippen LogP) is 5.06. The molecule has 0 aliphatic heterocycles. The second kappa shape index (κ2) is 14.1. The number of rotatable bonds is 13. The maximum atomic E-state index is 14.0. The molecule has 0 spiro atoms. The van der Waals surface area contributed by atoms with Gasteiger partial charge in [0.15, 0.2) is 0 Å². The lowest BCUT2D eigenvalue weighted by Gasteiger charge is -2.32. The number of amides is 2. The highest BCUT2D eigenvalue weighted by atomic mass is 32.2. The second-order valence-corrected chi connectivity index (χ2v) is 11.7. The minimum absolute atomic E-state index is 0.0638. The van der Waals surface area contributed by atoms with Crippen molar-refractivity contribution in [1.82, 2.24) is 10.2 Å². The number of aryl methyl sites for hydroxylation is 1. The molecular formula is C31H38FN3O5S. The molecule has 8 nitrogen and oxygen atoms in total. The van der Waals surface area contributed by atoms with E-state index in [1.165, 1.54) is 41.3 Å². The summed E-state index contributed by atoms with van der Waals surface area (Å²) in [6.45, 7) is 9.08. The third kappa shape index (κ3) is 8.07. The van der Waals surface area contributed by atoms with Crippen molar-refractivity contribution in [3.05, 3.63) is 89.7 Å². The average molecular weight is 584 g/mol. The Kier molecular flexibility index (Phi) is 10.9. The topological polar surface area (TPSA) is 96.0 Å². The number of sulfonamides is 1. The van der Waals surface area contributed by atoms with E-state index in [4.69, 9.17) is 4.74 Å². The molecule has 0 heterocycles. The molecule has 0 aliphatic rings. The predicted molar refractivity (Wildman–Crippen MR) is 158 cm³/mol. The van der Waals surface area contributed by atoms with Gasteiger partial charge >= 0.3 is 0 Å². The maximum Gasteiger partial charge on any atom is 0.264 e. The number of ether oxygens (including phenoxy) is 1. The molecule has 0 unspecified atom stereocenters. The van der Waals surface area contributed by atoms with Gasteiger partial charge in [0.1, 0.15) is 24.2 Å².